The molecule has 1 unspecified atom stereocenters. The molecule has 0 saturated heterocycles. The van der Waals surface area contributed by atoms with Crippen LogP contribution in [-0.2, 0) is 6.42 Å². The largest absolute Gasteiger partial charge is 0.493 e. The minimum atomic E-state index is -4.72. The van der Waals surface area contributed by atoms with Gasteiger partial charge in [0, 0.05) is 17.7 Å². The predicted molar refractivity (Wildman–Crippen MR) is 140 cm³/mol. The fourth-order valence-electron chi connectivity index (χ4n) is 4.00. The van der Waals surface area contributed by atoms with Crippen molar-refractivity contribution in [2.75, 3.05) is 20.2 Å². The molecule has 3 N–H and O–H groups in total. The molecule has 1 amide bonds. The van der Waals surface area contributed by atoms with Crippen LogP contribution in [0.25, 0.3) is 11.3 Å². The number of amides is 1. The van der Waals surface area contributed by atoms with Crippen molar-refractivity contribution in [2.45, 2.75) is 43.9 Å². The minimum Gasteiger partial charge on any atom is -0.493 e. The topological polar surface area (TPSA) is 86.5 Å². The summed E-state index contributed by atoms with van der Waals surface area (Å²) in [6.45, 7) is -0.399. The Labute approximate surface area is 228 Å². The number of nitrogens with one attached hydrogen (secondary N) is 1. The summed E-state index contributed by atoms with van der Waals surface area (Å²) >= 11 is 5.90. The lowest BCUT2D eigenvalue weighted by Gasteiger charge is -2.22. The first-order chi connectivity index (χ1) is 18.6. The number of rotatable bonds is 11. The van der Waals surface area contributed by atoms with Crippen LogP contribution in [-0.4, -0.2) is 43.4 Å². The van der Waals surface area contributed by atoms with E-state index in [-0.39, 0.29) is 28.1 Å². The lowest BCUT2D eigenvalue weighted by atomic mass is 9.98. The van der Waals surface area contributed by atoms with E-state index in [0.717, 1.165) is 18.9 Å². The molecule has 6 nitrogen and oxygen atoms in total. The van der Waals surface area contributed by atoms with Crippen molar-refractivity contribution in [1.29, 1.82) is 0 Å². The fraction of sp³-hybridized carbons (Fsp3) is 0.357. The van der Waals surface area contributed by atoms with Crippen molar-refractivity contribution >= 4 is 17.5 Å². The zero-order chi connectivity index (χ0) is 28.2. The quantitative estimate of drug-likeness (QED) is 0.276. The number of aryl methyl sites for hydroxylation is 1. The minimum absolute atomic E-state index is 0.107. The monoisotopic (exact) mass is 565 g/mol. The molecular formula is C28H28ClF4N3O3. The second-order valence-corrected chi connectivity index (χ2v) is 9.70. The third kappa shape index (κ3) is 7.39. The molecule has 0 aliphatic heterocycles. The van der Waals surface area contributed by atoms with Gasteiger partial charge in [-0.05, 0) is 86.3 Å². The van der Waals surface area contributed by atoms with E-state index in [0.29, 0.717) is 42.0 Å². The van der Waals surface area contributed by atoms with Gasteiger partial charge in [0.1, 0.15) is 11.7 Å². The molecular weight excluding hydrogens is 538 g/mol. The molecule has 1 atom stereocenters. The Hall–Kier alpha value is -3.37. The first-order valence-corrected chi connectivity index (χ1v) is 12.8. The first-order valence-electron chi connectivity index (χ1n) is 12.4. The molecule has 0 spiro atoms. The molecule has 1 aromatic heterocycles. The summed E-state index contributed by atoms with van der Waals surface area (Å²) in [5.41, 5.74) is 6.60. The lowest BCUT2D eigenvalue weighted by molar-refractivity contribution is -0.149. The number of hydrogen-bond acceptors (Lipinski definition) is 5. The van der Waals surface area contributed by atoms with Gasteiger partial charge in [-0.15, -0.1) is 0 Å². The van der Waals surface area contributed by atoms with Gasteiger partial charge in [-0.25, -0.2) is 4.39 Å². The number of ether oxygens (including phenoxy) is 2. The number of carbonyl (C=O) groups excluding carboxylic acids is 1. The molecule has 11 heteroatoms. The zero-order valence-electron chi connectivity index (χ0n) is 21.2. The van der Waals surface area contributed by atoms with Gasteiger partial charge in [-0.2, -0.15) is 13.2 Å². The standard InChI is InChI=1S/C28H28ClF4N3O3/c1-38-26-14-18(5-9-25(26)39-19-6-7-19)27(37)35-15-20(28(31,32)33)24-12-16(3-2-10-34)11-23(36-24)17-4-8-22(30)21(29)13-17/h4-5,8-9,11-14,19-20H,2-3,6-7,10,15,34H2,1H3,(H,35,37). The summed E-state index contributed by atoms with van der Waals surface area (Å²) in [5, 5.41) is 2.21. The molecule has 1 fully saturated rings. The highest BCUT2D eigenvalue weighted by molar-refractivity contribution is 6.31. The number of carbonyl (C=O) groups is 1. The summed E-state index contributed by atoms with van der Waals surface area (Å²) < 4.78 is 67.5. The van der Waals surface area contributed by atoms with E-state index < -0.39 is 30.4 Å². The molecule has 0 bridgehead atoms. The number of aromatic nitrogens is 1. The van der Waals surface area contributed by atoms with Crippen LogP contribution in [0.4, 0.5) is 17.6 Å². The van der Waals surface area contributed by atoms with Gasteiger partial charge in [-0.3, -0.25) is 9.78 Å². The highest BCUT2D eigenvalue weighted by Gasteiger charge is 2.42. The van der Waals surface area contributed by atoms with E-state index in [1.165, 1.54) is 37.4 Å². The van der Waals surface area contributed by atoms with E-state index in [4.69, 9.17) is 26.8 Å². The number of alkyl halides is 3. The van der Waals surface area contributed by atoms with Crippen molar-refractivity contribution in [1.82, 2.24) is 10.3 Å². The van der Waals surface area contributed by atoms with Crippen LogP contribution in [0.3, 0.4) is 0 Å². The van der Waals surface area contributed by atoms with E-state index in [2.05, 4.69) is 10.3 Å². The first kappa shape index (κ1) is 28.6. The van der Waals surface area contributed by atoms with Gasteiger partial charge in [0.05, 0.1) is 29.6 Å². The van der Waals surface area contributed by atoms with E-state index in [1.54, 1.807) is 12.1 Å². The Kier molecular flexibility index (Phi) is 8.97. The number of halogens is 5. The van der Waals surface area contributed by atoms with Crippen molar-refractivity contribution in [3.63, 3.8) is 0 Å². The summed E-state index contributed by atoms with van der Waals surface area (Å²) in [5.74, 6) is -2.67. The van der Waals surface area contributed by atoms with Crippen molar-refractivity contribution in [3.8, 4) is 22.8 Å². The van der Waals surface area contributed by atoms with Crippen LogP contribution >= 0.6 is 11.6 Å². The summed E-state index contributed by atoms with van der Waals surface area (Å²) in [6, 6.07) is 11.3. The van der Waals surface area contributed by atoms with Crippen LogP contribution < -0.4 is 20.5 Å². The van der Waals surface area contributed by atoms with Crippen LogP contribution in [0.1, 0.15) is 46.8 Å². The van der Waals surface area contributed by atoms with Crippen molar-refractivity contribution in [2.24, 2.45) is 5.73 Å². The lowest BCUT2D eigenvalue weighted by Crippen LogP contribution is -2.35. The zero-order valence-corrected chi connectivity index (χ0v) is 21.9. The maximum absolute atomic E-state index is 14.3. The third-order valence-corrected chi connectivity index (χ3v) is 6.54. The van der Waals surface area contributed by atoms with Gasteiger partial charge in [0.2, 0.25) is 0 Å². The molecule has 4 rings (SSSR count). The molecule has 2 aromatic carbocycles. The average Bonchev–Trinajstić information content (AvgIpc) is 3.72. The van der Waals surface area contributed by atoms with E-state index in [1.807, 2.05) is 0 Å². The Morgan fingerprint density at radius 2 is 1.92 bits per heavy atom. The molecule has 1 aliphatic rings. The Balaban J connectivity index is 1.60. The highest BCUT2D eigenvalue weighted by Crippen LogP contribution is 2.37. The fourth-order valence-corrected chi connectivity index (χ4v) is 4.18. The number of hydrogen-bond donors (Lipinski definition) is 2. The number of methoxy groups -OCH3 is 1. The van der Waals surface area contributed by atoms with Gasteiger partial charge < -0.3 is 20.5 Å². The van der Waals surface area contributed by atoms with Gasteiger partial charge in [0.25, 0.3) is 5.91 Å². The summed E-state index contributed by atoms with van der Waals surface area (Å²) in [6.07, 6.45) is -1.79. The van der Waals surface area contributed by atoms with Crippen LogP contribution in [0.2, 0.25) is 5.02 Å². The SMILES string of the molecule is COc1cc(C(=O)NCC(c2cc(CCCN)cc(-c3ccc(F)c(Cl)c3)n2)C(F)(F)F)ccc1OC1CC1. The number of nitrogens with zero attached hydrogens (tertiary/aromatic N) is 1. The second-order valence-electron chi connectivity index (χ2n) is 9.29. The number of pyridine rings is 1. The molecule has 1 heterocycles. The molecule has 3 aromatic rings. The van der Waals surface area contributed by atoms with Gasteiger partial charge >= 0.3 is 6.18 Å². The Morgan fingerprint density at radius 1 is 1.15 bits per heavy atom. The van der Waals surface area contributed by atoms with Crippen molar-refractivity contribution in [3.05, 3.63) is 76.2 Å². The summed E-state index contributed by atoms with van der Waals surface area (Å²) in [7, 11) is 1.42. The molecule has 208 valence electrons. The molecule has 1 saturated carbocycles. The molecule has 0 radical (unpaired) electrons. The third-order valence-electron chi connectivity index (χ3n) is 6.25. The summed E-state index contributed by atoms with van der Waals surface area (Å²) in [4.78, 5) is 17.1. The van der Waals surface area contributed by atoms with Crippen molar-refractivity contribution < 1.29 is 31.8 Å². The van der Waals surface area contributed by atoms with Crippen LogP contribution in [0.15, 0.2) is 48.5 Å². The second kappa shape index (κ2) is 12.2. The van der Waals surface area contributed by atoms with E-state index >= 15 is 0 Å². The smallest absolute Gasteiger partial charge is 0.398 e. The maximum atomic E-state index is 14.3. The Morgan fingerprint density at radius 3 is 2.56 bits per heavy atom. The normalized spacial score (nSPS) is 14.1. The number of benzene rings is 2. The maximum Gasteiger partial charge on any atom is 0.398 e. The van der Waals surface area contributed by atoms with Crippen LogP contribution in [0.5, 0.6) is 11.5 Å². The van der Waals surface area contributed by atoms with Gasteiger partial charge in [-0.1, -0.05) is 11.6 Å². The van der Waals surface area contributed by atoms with Crippen LogP contribution in [0, 0.1) is 5.82 Å². The number of nitrogens with two attached hydrogens (primary N) is 1. The van der Waals surface area contributed by atoms with E-state index in [9.17, 15) is 22.4 Å². The molecule has 1 aliphatic carbocycles. The average molecular weight is 566 g/mol. The predicted octanol–water partition coefficient (Wildman–Crippen LogP) is 6.06. The van der Waals surface area contributed by atoms with Gasteiger partial charge in [0.15, 0.2) is 11.5 Å². The Bertz CT molecular complexity index is 1330. The molecule has 39 heavy (non-hydrogen) atoms. The highest BCUT2D eigenvalue weighted by atomic mass is 35.5.